The molecule has 1 aromatic carbocycles. The Kier molecular flexibility index (Phi) is 7.51. The van der Waals surface area contributed by atoms with E-state index in [1.807, 2.05) is 30.3 Å². The Labute approximate surface area is 180 Å². The maximum atomic E-state index is 13.6. The summed E-state index contributed by atoms with van der Waals surface area (Å²) in [5, 5.41) is 0.364. The van der Waals surface area contributed by atoms with Gasteiger partial charge in [0.05, 0.1) is 13.2 Å². The number of anilines is 1. The number of aromatic nitrogens is 2. The van der Waals surface area contributed by atoms with Crippen LogP contribution in [0.25, 0.3) is 0 Å². The molecule has 0 radical (unpaired) electrons. The molecule has 2 heterocycles. The Morgan fingerprint density at radius 2 is 1.77 bits per heavy atom. The lowest BCUT2D eigenvalue weighted by molar-refractivity contribution is -0.151. The van der Waals surface area contributed by atoms with Gasteiger partial charge >= 0.3 is 5.97 Å². The molecule has 7 heteroatoms. The zero-order chi connectivity index (χ0) is 21.3. The van der Waals surface area contributed by atoms with Crippen LogP contribution in [-0.2, 0) is 27.3 Å². The SMILES string of the molecule is CCOC(=O)C(Cc1ccccc1)C(=O)N(Cc1ccc(Cl)nc1)c1ccccn1. The van der Waals surface area contributed by atoms with Gasteiger partial charge < -0.3 is 4.74 Å². The van der Waals surface area contributed by atoms with Crippen molar-refractivity contribution in [2.75, 3.05) is 11.5 Å². The number of halogens is 1. The van der Waals surface area contributed by atoms with Crippen molar-refractivity contribution in [3.05, 3.63) is 89.3 Å². The standard InChI is InChI=1S/C23H22ClN3O3/c1-2-30-23(29)19(14-17-8-4-3-5-9-17)22(28)27(21-10-6-7-13-25-21)16-18-11-12-20(24)26-15-18/h3-13,15,19H,2,14,16H2,1H3. The van der Waals surface area contributed by atoms with Crippen molar-refractivity contribution in [1.82, 2.24) is 9.97 Å². The molecule has 0 saturated heterocycles. The molecule has 1 amide bonds. The molecule has 0 spiro atoms. The van der Waals surface area contributed by atoms with Gasteiger partial charge in [-0.05, 0) is 42.7 Å². The van der Waals surface area contributed by atoms with Crippen LogP contribution in [0, 0.1) is 5.92 Å². The molecule has 1 unspecified atom stereocenters. The van der Waals surface area contributed by atoms with Crippen LogP contribution in [0.15, 0.2) is 73.1 Å². The van der Waals surface area contributed by atoms with Crippen LogP contribution < -0.4 is 4.90 Å². The second kappa shape index (κ2) is 10.5. The number of nitrogens with zero attached hydrogens (tertiary/aromatic N) is 3. The molecule has 30 heavy (non-hydrogen) atoms. The molecular weight excluding hydrogens is 402 g/mol. The summed E-state index contributed by atoms with van der Waals surface area (Å²) in [5.41, 5.74) is 1.64. The van der Waals surface area contributed by atoms with E-state index in [4.69, 9.17) is 16.3 Å². The maximum Gasteiger partial charge on any atom is 0.318 e. The van der Waals surface area contributed by atoms with Gasteiger partial charge in [-0.3, -0.25) is 14.5 Å². The van der Waals surface area contributed by atoms with E-state index in [1.54, 1.807) is 49.6 Å². The van der Waals surface area contributed by atoms with Gasteiger partial charge in [-0.2, -0.15) is 0 Å². The third-order valence-electron chi connectivity index (χ3n) is 4.47. The molecule has 0 bridgehead atoms. The summed E-state index contributed by atoms with van der Waals surface area (Å²) >= 11 is 5.88. The summed E-state index contributed by atoms with van der Waals surface area (Å²) in [5.74, 6) is -1.48. The molecule has 3 rings (SSSR count). The average Bonchev–Trinajstić information content (AvgIpc) is 2.78. The Morgan fingerprint density at radius 3 is 2.40 bits per heavy atom. The van der Waals surface area contributed by atoms with Crippen LogP contribution in [0.4, 0.5) is 5.82 Å². The Balaban J connectivity index is 1.94. The van der Waals surface area contributed by atoms with E-state index in [9.17, 15) is 9.59 Å². The van der Waals surface area contributed by atoms with Crippen molar-refractivity contribution in [3.63, 3.8) is 0 Å². The van der Waals surface area contributed by atoms with E-state index >= 15 is 0 Å². The van der Waals surface area contributed by atoms with Gasteiger partial charge in [0.1, 0.15) is 16.9 Å². The Hall–Kier alpha value is -3.25. The predicted molar refractivity (Wildman–Crippen MR) is 115 cm³/mol. The van der Waals surface area contributed by atoms with Crippen LogP contribution >= 0.6 is 11.6 Å². The van der Waals surface area contributed by atoms with Gasteiger partial charge in [-0.25, -0.2) is 9.97 Å². The highest BCUT2D eigenvalue weighted by molar-refractivity contribution is 6.29. The summed E-state index contributed by atoms with van der Waals surface area (Å²) in [6, 6.07) is 18.1. The van der Waals surface area contributed by atoms with Gasteiger partial charge in [0.2, 0.25) is 5.91 Å². The third kappa shape index (κ3) is 5.64. The lowest BCUT2D eigenvalue weighted by Gasteiger charge is -2.26. The molecule has 1 atom stereocenters. The number of hydrogen-bond donors (Lipinski definition) is 0. The van der Waals surface area contributed by atoms with Crippen LogP contribution in [0.5, 0.6) is 0 Å². The van der Waals surface area contributed by atoms with Gasteiger partial charge in [-0.15, -0.1) is 0 Å². The number of pyridine rings is 2. The zero-order valence-electron chi connectivity index (χ0n) is 16.6. The van der Waals surface area contributed by atoms with E-state index in [0.717, 1.165) is 11.1 Å². The number of benzene rings is 1. The van der Waals surface area contributed by atoms with Crippen molar-refractivity contribution in [2.24, 2.45) is 5.92 Å². The molecule has 0 aliphatic rings. The van der Waals surface area contributed by atoms with Crippen LogP contribution in [0.3, 0.4) is 0 Å². The highest BCUT2D eigenvalue weighted by Gasteiger charge is 2.33. The monoisotopic (exact) mass is 423 g/mol. The second-order valence-electron chi connectivity index (χ2n) is 6.60. The fourth-order valence-electron chi connectivity index (χ4n) is 3.02. The van der Waals surface area contributed by atoms with Crippen LogP contribution in [0.1, 0.15) is 18.1 Å². The molecule has 0 saturated carbocycles. The number of rotatable bonds is 8. The fraction of sp³-hybridized carbons (Fsp3) is 0.217. The van der Waals surface area contributed by atoms with Crippen molar-refractivity contribution < 1.29 is 14.3 Å². The van der Waals surface area contributed by atoms with E-state index in [-0.39, 0.29) is 25.5 Å². The van der Waals surface area contributed by atoms with E-state index in [2.05, 4.69) is 9.97 Å². The first-order valence-corrected chi connectivity index (χ1v) is 9.99. The predicted octanol–water partition coefficient (Wildman–Crippen LogP) is 4.09. The summed E-state index contributed by atoms with van der Waals surface area (Å²) in [6.07, 6.45) is 3.44. The summed E-state index contributed by atoms with van der Waals surface area (Å²) < 4.78 is 5.21. The maximum absolute atomic E-state index is 13.6. The van der Waals surface area contributed by atoms with E-state index in [0.29, 0.717) is 11.0 Å². The number of carbonyl (C=O) groups excluding carboxylic acids is 2. The molecule has 0 fully saturated rings. The van der Waals surface area contributed by atoms with Crippen molar-refractivity contribution in [1.29, 1.82) is 0 Å². The molecule has 0 aliphatic carbocycles. The average molecular weight is 424 g/mol. The van der Waals surface area contributed by atoms with Crippen LogP contribution in [-0.4, -0.2) is 28.5 Å². The number of ether oxygens (including phenoxy) is 1. The summed E-state index contributed by atoms with van der Waals surface area (Å²) in [6.45, 7) is 2.12. The fourth-order valence-corrected chi connectivity index (χ4v) is 3.13. The third-order valence-corrected chi connectivity index (χ3v) is 4.70. The van der Waals surface area contributed by atoms with Gasteiger partial charge in [0, 0.05) is 12.4 Å². The minimum absolute atomic E-state index is 0.197. The topological polar surface area (TPSA) is 72.4 Å². The second-order valence-corrected chi connectivity index (χ2v) is 6.98. The number of esters is 1. The summed E-state index contributed by atoms with van der Waals surface area (Å²) in [7, 11) is 0. The molecule has 154 valence electrons. The normalized spacial score (nSPS) is 11.5. The van der Waals surface area contributed by atoms with Crippen molar-refractivity contribution >= 4 is 29.3 Å². The Bertz CT molecular complexity index is 966. The lowest BCUT2D eigenvalue weighted by atomic mass is 9.97. The molecular formula is C23H22ClN3O3. The molecule has 0 N–H and O–H groups in total. The Morgan fingerprint density at radius 1 is 1.00 bits per heavy atom. The van der Waals surface area contributed by atoms with Gasteiger partial charge in [-0.1, -0.05) is 54.1 Å². The number of amides is 1. The zero-order valence-corrected chi connectivity index (χ0v) is 17.3. The minimum Gasteiger partial charge on any atom is -0.465 e. The first kappa shape index (κ1) is 21.5. The van der Waals surface area contributed by atoms with Gasteiger partial charge in [0.25, 0.3) is 0 Å². The van der Waals surface area contributed by atoms with Gasteiger partial charge in [0.15, 0.2) is 0 Å². The highest BCUT2D eigenvalue weighted by atomic mass is 35.5. The molecule has 3 aromatic rings. The lowest BCUT2D eigenvalue weighted by Crippen LogP contribution is -2.41. The highest BCUT2D eigenvalue weighted by Crippen LogP contribution is 2.21. The first-order valence-electron chi connectivity index (χ1n) is 9.62. The van der Waals surface area contributed by atoms with Crippen molar-refractivity contribution in [3.8, 4) is 0 Å². The largest absolute Gasteiger partial charge is 0.465 e. The number of carbonyl (C=O) groups is 2. The van der Waals surface area contributed by atoms with E-state index in [1.165, 1.54) is 4.90 Å². The van der Waals surface area contributed by atoms with Crippen molar-refractivity contribution in [2.45, 2.75) is 19.9 Å². The quantitative estimate of drug-likeness (QED) is 0.310. The number of hydrogen-bond acceptors (Lipinski definition) is 5. The molecule has 6 nitrogen and oxygen atoms in total. The van der Waals surface area contributed by atoms with E-state index < -0.39 is 11.9 Å². The first-order chi connectivity index (χ1) is 14.6. The summed E-state index contributed by atoms with van der Waals surface area (Å²) in [4.78, 5) is 36.2. The van der Waals surface area contributed by atoms with Crippen LogP contribution in [0.2, 0.25) is 5.15 Å². The smallest absolute Gasteiger partial charge is 0.318 e. The minimum atomic E-state index is -0.991. The molecule has 2 aromatic heterocycles. The molecule has 0 aliphatic heterocycles.